The van der Waals surface area contributed by atoms with E-state index in [1.54, 1.807) is 0 Å². The van der Waals surface area contributed by atoms with Gasteiger partial charge in [0.15, 0.2) is 6.61 Å². The minimum atomic E-state index is -0.289. The predicted octanol–water partition coefficient (Wildman–Crippen LogP) is 4.88. The molecule has 1 amide bonds. The fourth-order valence-corrected chi connectivity index (χ4v) is 2.76. The molecular formula is C23H24N2O2. The van der Waals surface area contributed by atoms with Gasteiger partial charge < -0.3 is 4.74 Å². The lowest BCUT2D eigenvalue weighted by Crippen LogP contribution is -2.25. The SMILES string of the molecule is CC(=NNC(=O)COc1ccc(C(C)C)cc1)c1ccc2ccccc2c1. The standard InChI is InChI=1S/C23H24N2O2/c1-16(2)18-10-12-22(13-11-18)27-15-23(26)25-24-17(3)20-9-8-19-6-4-5-7-21(19)14-20/h4-14,16H,15H2,1-3H3,(H,25,26). The van der Waals surface area contributed by atoms with Gasteiger partial charge in [-0.05, 0) is 52.9 Å². The number of nitrogens with zero attached hydrogens (tertiary/aromatic N) is 1. The van der Waals surface area contributed by atoms with Crippen molar-refractivity contribution in [2.45, 2.75) is 26.7 Å². The molecule has 0 radical (unpaired) electrons. The van der Waals surface area contributed by atoms with Crippen LogP contribution in [-0.2, 0) is 4.79 Å². The number of benzene rings is 3. The molecule has 0 unspecified atom stereocenters. The van der Waals surface area contributed by atoms with Gasteiger partial charge in [0.1, 0.15) is 5.75 Å². The first-order chi connectivity index (χ1) is 13.0. The van der Waals surface area contributed by atoms with Crippen LogP contribution in [0.4, 0.5) is 0 Å². The molecule has 0 heterocycles. The molecule has 0 aliphatic rings. The molecule has 0 fully saturated rings. The largest absolute Gasteiger partial charge is 0.484 e. The number of hydrogen-bond donors (Lipinski definition) is 1. The summed E-state index contributed by atoms with van der Waals surface area (Å²) in [6.07, 6.45) is 0. The van der Waals surface area contributed by atoms with E-state index >= 15 is 0 Å². The Morgan fingerprint density at radius 1 is 1.00 bits per heavy atom. The van der Waals surface area contributed by atoms with E-state index < -0.39 is 0 Å². The molecule has 0 bridgehead atoms. The van der Waals surface area contributed by atoms with Crippen molar-refractivity contribution < 1.29 is 9.53 Å². The van der Waals surface area contributed by atoms with E-state index in [0.717, 1.165) is 16.7 Å². The third-order valence-electron chi connectivity index (χ3n) is 4.43. The molecule has 0 saturated heterocycles. The first-order valence-corrected chi connectivity index (χ1v) is 9.08. The van der Waals surface area contributed by atoms with Crippen molar-refractivity contribution in [2.24, 2.45) is 5.10 Å². The van der Waals surface area contributed by atoms with Gasteiger partial charge in [-0.25, -0.2) is 5.43 Å². The molecule has 0 aliphatic carbocycles. The zero-order chi connectivity index (χ0) is 19.2. The van der Waals surface area contributed by atoms with Gasteiger partial charge in [0.25, 0.3) is 5.91 Å². The monoisotopic (exact) mass is 360 g/mol. The summed E-state index contributed by atoms with van der Waals surface area (Å²) in [5, 5.41) is 6.51. The van der Waals surface area contributed by atoms with Gasteiger partial charge in [0.2, 0.25) is 0 Å². The van der Waals surface area contributed by atoms with Crippen LogP contribution in [0.1, 0.15) is 37.8 Å². The van der Waals surface area contributed by atoms with E-state index in [1.165, 1.54) is 10.9 Å². The zero-order valence-corrected chi connectivity index (χ0v) is 15.9. The molecule has 3 aromatic rings. The Bertz CT molecular complexity index is 960. The third-order valence-corrected chi connectivity index (χ3v) is 4.43. The summed E-state index contributed by atoms with van der Waals surface area (Å²) >= 11 is 0. The van der Waals surface area contributed by atoms with Crippen LogP contribution in [0.2, 0.25) is 0 Å². The van der Waals surface area contributed by atoms with Crippen LogP contribution in [0.3, 0.4) is 0 Å². The van der Waals surface area contributed by atoms with Crippen molar-refractivity contribution in [3.05, 3.63) is 77.9 Å². The second kappa shape index (κ2) is 8.49. The van der Waals surface area contributed by atoms with Crippen LogP contribution in [0.25, 0.3) is 10.8 Å². The first-order valence-electron chi connectivity index (χ1n) is 9.08. The maximum Gasteiger partial charge on any atom is 0.277 e. The highest BCUT2D eigenvalue weighted by molar-refractivity contribution is 6.02. The molecule has 4 heteroatoms. The zero-order valence-electron chi connectivity index (χ0n) is 15.9. The molecule has 0 aliphatic heterocycles. The lowest BCUT2D eigenvalue weighted by Gasteiger charge is -2.08. The molecule has 27 heavy (non-hydrogen) atoms. The number of amides is 1. The summed E-state index contributed by atoms with van der Waals surface area (Å²) in [7, 11) is 0. The molecule has 0 atom stereocenters. The Balaban J connectivity index is 1.56. The Kier molecular flexibility index (Phi) is 5.87. The fourth-order valence-electron chi connectivity index (χ4n) is 2.76. The van der Waals surface area contributed by atoms with E-state index in [4.69, 9.17) is 4.74 Å². The summed E-state index contributed by atoms with van der Waals surface area (Å²) in [5.74, 6) is 0.850. The number of hydrazone groups is 1. The number of fused-ring (bicyclic) bond motifs is 1. The molecule has 3 rings (SSSR count). The Hall–Kier alpha value is -3.14. The Morgan fingerprint density at radius 2 is 1.70 bits per heavy atom. The van der Waals surface area contributed by atoms with Gasteiger partial charge in [-0.15, -0.1) is 0 Å². The average molecular weight is 360 g/mol. The maximum atomic E-state index is 12.0. The van der Waals surface area contributed by atoms with E-state index in [2.05, 4.69) is 48.6 Å². The predicted molar refractivity (Wildman–Crippen MR) is 110 cm³/mol. The van der Waals surface area contributed by atoms with Gasteiger partial charge in [-0.1, -0.05) is 62.4 Å². The topological polar surface area (TPSA) is 50.7 Å². The van der Waals surface area contributed by atoms with E-state index in [1.807, 2.05) is 49.4 Å². The molecule has 0 spiro atoms. The highest BCUT2D eigenvalue weighted by atomic mass is 16.5. The summed E-state index contributed by atoms with van der Waals surface area (Å²) in [5.41, 5.74) is 5.51. The fraction of sp³-hybridized carbons (Fsp3) is 0.217. The number of carbonyl (C=O) groups excluding carboxylic acids is 1. The lowest BCUT2D eigenvalue weighted by atomic mass is 10.0. The highest BCUT2D eigenvalue weighted by Gasteiger charge is 2.05. The smallest absolute Gasteiger partial charge is 0.277 e. The van der Waals surface area contributed by atoms with Crippen molar-refractivity contribution in [1.29, 1.82) is 0 Å². The second-order valence-corrected chi connectivity index (χ2v) is 6.81. The maximum absolute atomic E-state index is 12.0. The van der Waals surface area contributed by atoms with E-state index in [0.29, 0.717) is 11.7 Å². The van der Waals surface area contributed by atoms with E-state index in [9.17, 15) is 4.79 Å². The molecule has 4 nitrogen and oxygen atoms in total. The Morgan fingerprint density at radius 3 is 2.41 bits per heavy atom. The highest BCUT2D eigenvalue weighted by Crippen LogP contribution is 2.18. The van der Waals surface area contributed by atoms with Gasteiger partial charge in [0, 0.05) is 0 Å². The molecular weight excluding hydrogens is 336 g/mol. The molecule has 0 aromatic heterocycles. The molecule has 3 aromatic carbocycles. The molecule has 138 valence electrons. The first kappa shape index (κ1) is 18.6. The van der Waals surface area contributed by atoms with Crippen LogP contribution < -0.4 is 10.2 Å². The van der Waals surface area contributed by atoms with Crippen molar-refractivity contribution in [1.82, 2.24) is 5.43 Å². The summed E-state index contributed by atoms with van der Waals surface area (Å²) in [6.45, 7) is 6.07. The normalized spacial score (nSPS) is 11.6. The quantitative estimate of drug-likeness (QED) is 0.503. The van der Waals surface area contributed by atoms with Crippen molar-refractivity contribution in [2.75, 3.05) is 6.61 Å². The average Bonchev–Trinajstić information content (AvgIpc) is 2.70. The van der Waals surface area contributed by atoms with Crippen LogP contribution >= 0.6 is 0 Å². The van der Waals surface area contributed by atoms with Crippen LogP contribution in [0.5, 0.6) is 5.75 Å². The summed E-state index contributed by atoms with van der Waals surface area (Å²) in [6, 6.07) is 22.0. The van der Waals surface area contributed by atoms with Crippen LogP contribution in [0.15, 0.2) is 71.8 Å². The van der Waals surface area contributed by atoms with Gasteiger partial charge in [-0.3, -0.25) is 4.79 Å². The minimum absolute atomic E-state index is 0.0739. The number of rotatable bonds is 6. The van der Waals surface area contributed by atoms with Crippen molar-refractivity contribution >= 4 is 22.4 Å². The second-order valence-electron chi connectivity index (χ2n) is 6.81. The minimum Gasteiger partial charge on any atom is -0.484 e. The van der Waals surface area contributed by atoms with Crippen molar-refractivity contribution in [3.63, 3.8) is 0 Å². The van der Waals surface area contributed by atoms with Crippen molar-refractivity contribution in [3.8, 4) is 5.75 Å². The van der Waals surface area contributed by atoms with Gasteiger partial charge >= 0.3 is 0 Å². The van der Waals surface area contributed by atoms with E-state index in [-0.39, 0.29) is 12.5 Å². The van der Waals surface area contributed by atoms with Crippen LogP contribution in [-0.4, -0.2) is 18.2 Å². The third kappa shape index (κ3) is 4.94. The summed E-state index contributed by atoms with van der Waals surface area (Å²) in [4.78, 5) is 12.0. The number of hydrogen-bond acceptors (Lipinski definition) is 3. The molecule has 1 N–H and O–H groups in total. The molecule has 0 saturated carbocycles. The van der Waals surface area contributed by atoms with Gasteiger partial charge in [0.05, 0.1) is 5.71 Å². The Labute approximate surface area is 159 Å². The number of ether oxygens (including phenoxy) is 1. The lowest BCUT2D eigenvalue weighted by molar-refractivity contribution is -0.123. The van der Waals surface area contributed by atoms with Gasteiger partial charge in [-0.2, -0.15) is 5.10 Å². The number of nitrogens with one attached hydrogen (secondary N) is 1. The van der Waals surface area contributed by atoms with Crippen LogP contribution in [0, 0.1) is 0 Å². The summed E-state index contributed by atoms with van der Waals surface area (Å²) < 4.78 is 5.52. The number of carbonyl (C=O) groups is 1.